The van der Waals surface area contributed by atoms with E-state index in [4.69, 9.17) is 4.42 Å². The average molecular weight is 337 g/mol. The Morgan fingerprint density at radius 3 is 3.16 bits per heavy atom. The van der Waals surface area contributed by atoms with Crippen molar-refractivity contribution in [3.63, 3.8) is 0 Å². The zero-order valence-corrected chi connectivity index (χ0v) is 14.0. The van der Waals surface area contributed by atoms with Crippen LogP contribution in [0.25, 0.3) is 11.0 Å². The van der Waals surface area contributed by atoms with E-state index in [1.807, 2.05) is 31.3 Å². The molecule has 0 saturated carbocycles. The second-order valence-corrected chi connectivity index (χ2v) is 6.65. The summed E-state index contributed by atoms with van der Waals surface area (Å²) in [6.45, 7) is 1.94. The third kappa shape index (κ3) is 3.20. The van der Waals surface area contributed by atoms with Crippen molar-refractivity contribution in [2.45, 2.75) is 38.6 Å². The molecule has 0 spiro atoms. The van der Waals surface area contributed by atoms with Gasteiger partial charge in [-0.15, -0.1) is 0 Å². The van der Waals surface area contributed by atoms with Crippen LogP contribution >= 0.6 is 0 Å². The number of benzene rings is 1. The van der Waals surface area contributed by atoms with Crippen molar-refractivity contribution in [2.75, 3.05) is 0 Å². The fourth-order valence-electron chi connectivity index (χ4n) is 3.47. The summed E-state index contributed by atoms with van der Waals surface area (Å²) in [5.41, 5.74) is 4.12. The molecule has 1 atom stereocenters. The number of rotatable bonds is 3. The van der Waals surface area contributed by atoms with E-state index in [2.05, 4.69) is 15.5 Å². The summed E-state index contributed by atoms with van der Waals surface area (Å²) in [5, 5.41) is 10.9. The van der Waals surface area contributed by atoms with Crippen LogP contribution in [0.15, 0.2) is 39.7 Å². The molecule has 6 heteroatoms. The van der Waals surface area contributed by atoms with E-state index >= 15 is 0 Å². The lowest BCUT2D eigenvalue weighted by Gasteiger charge is -2.22. The number of fused-ring (bicyclic) bond motifs is 2. The Balaban J connectivity index is 1.51. The number of carbonyl (C=O) groups is 1. The van der Waals surface area contributed by atoms with Crippen molar-refractivity contribution >= 4 is 16.9 Å². The maximum atomic E-state index is 12.5. The number of nitrogens with zero attached hydrogens (tertiary/aromatic N) is 1. The lowest BCUT2D eigenvalue weighted by Crippen LogP contribution is -2.39. The van der Waals surface area contributed by atoms with Crippen LogP contribution in [0.5, 0.6) is 0 Å². The van der Waals surface area contributed by atoms with Gasteiger partial charge in [0.2, 0.25) is 5.91 Å². The molecular weight excluding hydrogens is 318 g/mol. The standard InChI is InChI=1S/C19H19N3O3/c1-11-2-5-15-13(8-19(24)25-17(15)6-11)7-18(23)21-14-4-3-12-10-20-22-16(12)9-14/h2,5-6,8,10,14H,3-4,7,9H2,1H3,(H,20,22)(H,21,23). The van der Waals surface area contributed by atoms with Crippen molar-refractivity contribution in [3.05, 3.63) is 63.3 Å². The molecule has 0 aliphatic heterocycles. The lowest BCUT2D eigenvalue weighted by molar-refractivity contribution is -0.121. The van der Waals surface area contributed by atoms with Gasteiger partial charge in [-0.25, -0.2) is 4.79 Å². The molecule has 128 valence electrons. The second kappa shape index (κ2) is 6.20. The highest BCUT2D eigenvalue weighted by atomic mass is 16.4. The van der Waals surface area contributed by atoms with Gasteiger partial charge in [0, 0.05) is 29.6 Å². The summed E-state index contributed by atoms with van der Waals surface area (Å²) in [5.74, 6) is -0.0829. The number of hydrogen-bond acceptors (Lipinski definition) is 4. The van der Waals surface area contributed by atoms with Gasteiger partial charge in [0.15, 0.2) is 0 Å². The minimum atomic E-state index is -0.430. The predicted octanol–water partition coefficient (Wildman–Crippen LogP) is 2.04. The molecule has 2 N–H and O–H groups in total. The monoisotopic (exact) mass is 337 g/mol. The minimum Gasteiger partial charge on any atom is -0.423 e. The number of carbonyl (C=O) groups excluding carboxylic acids is 1. The van der Waals surface area contributed by atoms with Crippen molar-refractivity contribution in [1.82, 2.24) is 15.5 Å². The maximum Gasteiger partial charge on any atom is 0.336 e. The number of hydrogen-bond donors (Lipinski definition) is 2. The number of aryl methyl sites for hydroxylation is 2. The minimum absolute atomic E-state index is 0.0829. The van der Waals surface area contributed by atoms with Crippen LogP contribution in [-0.4, -0.2) is 22.1 Å². The number of nitrogens with one attached hydrogen (secondary N) is 2. The van der Waals surface area contributed by atoms with Crippen molar-refractivity contribution in [3.8, 4) is 0 Å². The van der Waals surface area contributed by atoms with E-state index in [1.165, 1.54) is 11.6 Å². The molecule has 0 radical (unpaired) electrons. The highest BCUT2D eigenvalue weighted by Gasteiger charge is 2.22. The van der Waals surface area contributed by atoms with E-state index in [0.29, 0.717) is 11.1 Å². The fraction of sp³-hybridized carbons (Fsp3) is 0.316. The fourth-order valence-corrected chi connectivity index (χ4v) is 3.47. The van der Waals surface area contributed by atoms with E-state index in [9.17, 15) is 9.59 Å². The first kappa shape index (κ1) is 15.6. The molecule has 1 aliphatic rings. The molecule has 1 amide bonds. The van der Waals surface area contributed by atoms with Crippen molar-refractivity contribution < 1.29 is 9.21 Å². The summed E-state index contributed by atoms with van der Waals surface area (Å²) >= 11 is 0. The van der Waals surface area contributed by atoms with Gasteiger partial charge in [-0.05, 0) is 42.5 Å². The molecule has 1 aromatic carbocycles. The Kier molecular flexibility index (Phi) is 3.87. The van der Waals surface area contributed by atoms with Crippen LogP contribution < -0.4 is 10.9 Å². The second-order valence-electron chi connectivity index (χ2n) is 6.65. The van der Waals surface area contributed by atoms with Gasteiger partial charge < -0.3 is 9.73 Å². The molecule has 0 saturated heterocycles. The highest BCUT2D eigenvalue weighted by Crippen LogP contribution is 2.21. The van der Waals surface area contributed by atoms with Crippen LogP contribution in [0.2, 0.25) is 0 Å². The van der Waals surface area contributed by atoms with Crippen LogP contribution in [0.4, 0.5) is 0 Å². The van der Waals surface area contributed by atoms with Gasteiger partial charge in [-0.2, -0.15) is 5.10 Å². The zero-order valence-electron chi connectivity index (χ0n) is 14.0. The number of H-pyrrole nitrogens is 1. The molecule has 3 aromatic rings. The molecule has 1 unspecified atom stereocenters. The van der Waals surface area contributed by atoms with Gasteiger partial charge in [0.1, 0.15) is 5.58 Å². The van der Waals surface area contributed by atoms with E-state index in [1.54, 1.807) is 0 Å². The van der Waals surface area contributed by atoms with Gasteiger partial charge in [0.25, 0.3) is 0 Å². The zero-order chi connectivity index (χ0) is 17.4. The van der Waals surface area contributed by atoms with Crippen LogP contribution in [-0.2, 0) is 24.1 Å². The summed E-state index contributed by atoms with van der Waals surface area (Å²) in [6, 6.07) is 7.16. The third-order valence-corrected chi connectivity index (χ3v) is 4.72. The molecule has 2 aromatic heterocycles. The number of aromatic nitrogens is 2. The Hall–Kier alpha value is -2.89. The molecule has 0 fully saturated rings. The molecule has 4 rings (SSSR count). The van der Waals surface area contributed by atoms with Gasteiger partial charge in [-0.3, -0.25) is 9.89 Å². The molecule has 2 heterocycles. The molecule has 0 bridgehead atoms. The van der Waals surface area contributed by atoms with Gasteiger partial charge >= 0.3 is 5.63 Å². The summed E-state index contributed by atoms with van der Waals surface area (Å²) < 4.78 is 5.25. The molecule has 6 nitrogen and oxygen atoms in total. The Morgan fingerprint density at radius 2 is 2.28 bits per heavy atom. The van der Waals surface area contributed by atoms with Crippen LogP contribution in [0.1, 0.15) is 28.8 Å². The highest BCUT2D eigenvalue weighted by molar-refractivity contribution is 5.87. The first-order valence-electron chi connectivity index (χ1n) is 8.42. The van der Waals surface area contributed by atoms with Crippen LogP contribution in [0.3, 0.4) is 0 Å². The molecule has 1 aliphatic carbocycles. The topological polar surface area (TPSA) is 88.0 Å². The third-order valence-electron chi connectivity index (χ3n) is 4.72. The summed E-state index contributed by atoms with van der Waals surface area (Å²) in [6.07, 6.45) is 4.59. The van der Waals surface area contributed by atoms with Gasteiger partial charge in [0.05, 0.1) is 12.6 Å². The van der Waals surface area contributed by atoms with E-state index < -0.39 is 5.63 Å². The molecular formula is C19H19N3O3. The largest absolute Gasteiger partial charge is 0.423 e. The van der Waals surface area contributed by atoms with Gasteiger partial charge in [-0.1, -0.05) is 12.1 Å². The maximum absolute atomic E-state index is 12.5. The predicted molar refractivity (Wildman–Crippen MR) is 93.5 cm³/mol. The van der Waals surface area contributed by atoms with E-state index in [0.717, 1.165) is 35.9 Å². The quantitative estimate of drug-likeness (QED) is 0.716. The Morgan fingerprint density at radius 1 is 1.40 bits per heavy atom. The normalized spacial score (nSPS) is 16.6. The Bertz CT molecular complexity index is 1000. The van der Waals surface area contributed by atoms with Crippen molar-refractivity contribution in [1.29, 1.82) is 0 Å². The number of aromatic amines is 1. The summed E-state index contributed by atoms with van der Waals surface area (Å²) in [4.78, 5) is 24.3. The van der Waals surface area contributed by atoms with E-state index in [-0.39, 0.29) is 18.4 Å². The average Bonchev–Trinajstić information content (AvgIpc) is 3.01. The number of amides is 1. The van der Waals surface area contributed by atoms with Crippen molar-refractivity contribution in [2.24, 2.45) is 0 Å². The first-order chi connectivity index (χ1) is 12.1. The smallest absolute Gasteiger partial charge is 0.336 e. The SMILES string of the molecule is Cc1ccc2c(CC(=O)NC3CCc4cn[nH]c4C3)cc(=O)oc2c1. The Labute approximate surface area is 144 Å². The lowest BCUT2D eigenvalue weighted by atomic mass is 9.93. The molecule has 25 heavy (non-hydrogen) atoms. The first-order valence-corrected chi connectivity index (χ1v) is 8.42. The summed E-state index contributed by atoms with van der Waals surface area (Å²) in [7, 11) is 0. The van der Waals surface area contributed by atoms with Crippen LogP contribution in [0, 0.1) is 6.92 Å².